The van der Waals surface area contributed by atoms with Gasteiger partial charge in [-0.3, -0.25) is 0 Å². The first kappa shape index (κ1) is 14.9. The van der Waals surface area contributed by atoms with Crippen LogP contribution in [-0.2, 0) is 16.4 Å². The quantitative estimate of drug-likeness (QED) is 0.902. The van der Waals surface area contributed by atoms with Crippen LogP contribution in [0.1, 0.15) is 50.5 Å². The van der Waals surface area contributed by atoms with Crippen LogP contribution in [0.15, 0.2) is 23.1 Å². The number of rotatable bonds is 3. The van der Waals surface area contributed by atoms with Gasteiger partial charge in [0.05, 0.1) is 4.90 Å². The largest absolute Gasteiger partial charge is 0.384 e. The van der Waals surface area contributed by atoms with Crippen LogP contribution < -0.4 is 10.0 Å². The third-order valence-electron chi connectivity index (χ3n) is 4.52. The molecule has 2 aliphatic rings. The Balaban J connectivity index is 1.73. The maximum Gasteiger partial charge on any atom is 0.240 e. The zero-order valence-electron chi connectivity index (χ0n) is 12.4. The maximum atomic E-state index is 12.6. The summed E-state index contributed by atoms with van der Waals surface area (Å²) in [6.45, 7) is 0.898. The number of fused-ring (bicyclic) bond motifs is 1. The monoisotopic (exact) mass is 308 g/mol. The van der Waals surface area contributed by atoms with Gasteiger partial charge in [0.25, 0.3) is 0 Å². The molecule has 116 valence electrons. The summed E-state index contributed by atoms with van der Waals surface area (Å²) in [5, 5.41) is 3.26. The molecule has 0 saturated heterocycles. The van der Waals surface area contributed by atoms with E-state index in [2.05, 4.69) is 10.0 Å². The van der Waals surface area contributed by atoms with E-state index in [1.165, 1.54) is 19.3 Å². The molecule has 21 heavy (non-hydrogen) atoms. The highest BCUT2D eigenvalue weighted by Crippen LogP contribution is 2.26. The van der Waals surface area contributed by atoms with Crippen molar-refractivity contribution in [3.8, 4) is 0 Å². The summed E-state index contributed by atoms with van der Waals surface area (Å²) in [5.74, 6) is 0. The van der Waals surface area contributed by atoms with Crippen LogP contribution >= 0.6 is 0 Å². The summed E-state index contributed by atoms with van der Waals surface area (Å²) >= 11 is 0. The fourth-order valence-corrected chi connectivity index (χ4v) is 4.67. The zero-order valence-corrected chi connectivity index (χ0v) is 13.2. The van der Waals surface area contributed by atoms with Gasteiger partial charge in [-0.05, 0) is 43.0 Å². The first-order valence-electron chi connectivity index (χ1n) is 8.04. The number of nitrogens with one attached hydrogen (secondary N) is 2. The van der Waals surface area contributed by atoms with Gasteiger partial charge in [-0.2, -0.15) is 0 Å². The van der Waals surface area contributed by atoms with E-state index < -0.39 is 10.0 Å². The Morgan fingerprint density at radius 2 is 1.76 bits per heavy atom. The number of hydrogen-bond acceptors (Lipinski definition) is 3. The molecule has 0 spiro atoms. The lowest BCUT2D eigenvalue weighted by molar-refractivity contribution is 0.426. The SMILES string of the molecule is O=S(=O)(NC1CCCCCCC1)c1ccc2c(c1)CCN2. The molecule has 1 aliphatic carbocycles. The lowest BCUT2D eigenvalue weighted by atomic mass is 9.97. The molecular formula is C16H24N2O2S. The average molecular weight is 308 g/mol. The van der Waals surface area contributed by atoms with Gasteiger partial charge in [-0.25, -0.2) is 13.1 Å². The van der Waals surface area contributed by atoms with E-state index in [0.717, 1.165) is 49.9 Å². The van der Waals surface area contributed by atoms with Crippen molar-refractivity contribution in [3.05, 3.63) is 23.8 Å². The highest BCUT2D eigenvalue weighted by molar-refractivity contribution is 7.89. The Hall–Kier alpha value is -1.07. The number of sulfonamides is 1. The summed E-state index contributed by atoms with van der Waals surface area (Å²) in [6, 6.07) is 5.51. The molecule has 0 amide bonds. The second-order valence-electron chi connectivity index (χ2n) is 6.16. The molecule has 0 radical (unpaired) electrons. The van der Waals surface area contributed by atoms with Crippen LogP contribution in [0, 0.1) is 0 Å². The predicted molar refractivity (Wildman–Crippen MR) is 85.1 cm³/mol. The first-order chi connectivity index (χ1) is 10.1. The minimum atomic E-state index is -3.39. The van der Waals surface area contributed by atoms with Crippen molar-refractivity contribution in [1.29, 1.82) is 0 Å². The van der Waals surface area contributed by atoms with Gasteiger partial charge in [0, 0.05) is 18.3 Å². The van der Waals surface area contributed by atoms with E-state index >= 15 is 0 Å². The third-order valence-corrected chi connectivity index (χ3v) is 6.04. The van der Waals surface area contributed by atoms with Crippen LogP contribution in [0.25, 0.3) is 0 Å². The van der Waals surface area contributed by atoms with Crippen molar-refractivity contribution in [2.24, 2.45) is 0 Å². The molecule has 5 heteroatoms. The lowest BCUT2D eigenvalue weighted by Crippen LogP contribution is -2.35. The van der Waals surface area contributed by atoms with Crippen molar-refractivity contribution in [2.45, 2.75) is 62.3 Å². The Labute approximate surface area is 127 Å². The molecule has 4 nitrogen and oxygen atoms in total. The molecule has 0 aromatic heterocycles. The molecule has 1 fully saturated rings. The molecule has 1 aromatic rings. The number of anilines is 1. The van der Waals surface area contributed by atoms with E-state index in [-0.39, 0.29) is 6.04 Å². The van der Waals surface area contributed by atoms with E-state index in [1.807, 2.05) is 12.1 Å². The average Bonchev–Trinajstić information content (AvgIpc) is 2.89. The fraction of sp³-hybridized carbons (Fsp3) is 0.625. The van der Waals surface area contributed by atoms with Crippen molar-refractivity contribution in [1.82, 2.24) is 4.72 Å². The van der Waals surface area contributed by atoms with Crippen LogP contribution in [0.5, 0.6) is 0 Å². The summed E-state index contributed by atoms with van der Waals surface area (Å²) in [6.07, 6.45) is 8.82. The van der Waals surface area contributed by atoms with Gasteiger partial charge in [0.15, 0.2) is 0 Å². The molecule has 1 saturated carbocycles. The zero-order chi connectivity index (χ0) is 14.7. The van der Waals surface area contributed by atoms with E-state index in [4.69, 9.17) is 0 Å². The molecule has 1 aromatic carbocycles. The second-order valence-corrected chi connectivity index (χ2v) is 7.87. The molecular weight excluding hydrogens is 284 g/mol. The van der Waals surface area contributed by atoms with Gasteiger partial charge in [-0.15, -0.1) is 0 Å². The molecule has 0 atom stereocenters. The molecule has 1 heterocycles. The topological polar surface area (TPSA) is 58.2 Å². The molecule has 1 aliphatic heterocycles. The minimum absolute atomic E-state index is 0.0988. The van der Waals surface area contributed by atoms with Crippen molar-refractivity contribution >= 4 is 15.7 Å². The van der Waals surface area contributed by atoms with E-state index in [0.29, 0.717) is 4.90 Å². The number of benzene rings is 1. The van der Waals surface area contributed by atoms with Crippen LogP contribution in [0.3, 0.4) is 0 Å². The Morgan fingerprint density at radius 1 is 1.05 bits per heavy atom. The van der Waals surface area contributed by atoms with E-state index in [9.17, 15) is 8.42 Å². The highest BCUT2D eigenvalue weighted by Gasteiger charge is 2.22. The van der Waals surface area contributed by atoms with E-state index in [1.54, 1.807) is 6.07 Å². The van der Waals surface area contributed by atoms with Crippen molar-refractivity contribution in [2.75, 3.05) is 11.9 Å². The standard InChI is InChI=1S/C16H24N2O2S/c19-21(20,18-14-6-4-2-1-3-5-7-14)15-8-9-16-13(12-15)10-11-17-16/h8-9,12,14,17-18H,1-7,10-11H2. The van der Waals surface area contributed by atoms with Crippen LogP contribution in [0.2, 0.25) is 0 Å². The second kappa shape index (κ2) is 6.36. The number of hydrogen-bond donors (Lipinski definition) is 2. The summed E-state index contributed by atoms with van der Waals surface area (Å²) in [7, 11) is -3.39. The van der Waals surface area contributed by atoms with Crippen molar-refractivity contribution < 1.29 is 8.42 Å². The first-order valence-corrected chi connectivity index (χ1v) is 9.53. The predicted octanol–water partition coefficient (Wildman–Crippen LogP) is 3.05. The van der Waals surface area contributed by atoms with Crippen LogP contribution in [0.4, 0.5) is 5.69 Å². The smallest absolute Gasteiger partial charge is 0.240 e. The Kier molecular flexibility index (Phi) is 4.50. The normalized spacial score (nSPS) is 20.4. The summed E-state index contributed by atoms with van der Waals surface area (Å²) < 4.78 is 28.1. The van der Waals surface area contributed by atoms with Gasteiger partial charge in [-0.1, -0.05) is 32.1 Å². The Bertz CT molecular complexity index is 590. The Morgan fingerprint density at radius 3 is 2.52 bits per heavy atom. The van der Waals surface area contributed by atoms with Crippen LogP contribution in [-0.4, -0.2) is 21.0 Å². The molecule has 2 N–H and O–H groups in total. The van der Waals surface area contributed by atoms with Gasteiger partial charge < -0.3 is 5.32 Å². The van der Waals surface area contributed by atoms with Gasteiger partial charge in [0.2, 0.25) is 10.0 Å². The van der Waals surface area contributed by atoms with Gasteiger partial charge >= 0.3 is 0 Å². The summed E-state index contributed by atoms with van der Waals surface area (Å²) in [5.41, 5.74) is 2.18. The summed E-state index contributed by atoms with van der Waals surface area (Å²) in [4.78, 5) is 0.409. The lowest BCUT2D eigenvalue weighted by Gasteiger charge is -2.21. The molecule has 0 unspecified atom stereocenters. The highest BCUT2D eigenvalue weighted by atomic mass is 32.2. The molecule has 3 rings (SSSR count). The fourth-order valence-electron chi connectivity index (χ4n) is 3.31. The molecule has 0 bridgehead atoms. The van der Waals surface area contributed by atoms with Crippen molar-refractivity contribution in [3.63, 3.8) is 0 Å². The third kappa shape index (κ3) is 3.58. The maximum absolute atomic E-state index is 12.6. The minimum Gasteiger partial charge on any atom is -0.384 e. The van der Waals surface area contributed by atoms with Gasteiger partial charge in [0.1, 0.15) is 0 Å².